The van der Waals surface area contributed by atoms with Crippen molar-refractivity contribution in [3.8, 4) is 0 Å². The Balaban J connectivity index is 1.47. The SMILES string of the molecule is CN1CCN([C@H](CNC(=O)c2ccc3ccccc3c2)c2ccsc2)CC1. The van der Waals surface area contributed by atoms with Gasteiger partial charge in [0.25, 0.3) is 5.91 Å². The van der Waals surface area contributed by atoms with Crippen molar-refractivity contribution in [1.29, 1.82) is 0 Å². The number of benzene rings is 2. The van der Waals surface area contributed by atoms with Crippen molar-refractivity contribution >= 4 is 28.0 Å². The predicted octanol–water partition coefficient (Wildman–Crippen LogP) is 3.62. The van der Waals surface area contributed by atoms with Crippen molar-refractivity contribution in [1.82, 2.24) is 15.1 Å². The Morgan fingerprint density at radius 1 is 1.07 bits per heavy atom. The van der Waals surface area contributed by atoms with Gasteiger partial charge in [-0.15, -0.1) is 0 Å². The third kappa shape index (κ3) is 4.21. The van der Waals surface area contributed by atoms with Crippen LogP contribution in [-0.2, 0) is 0 Å². The molecule has 5 heteroatoms. The highest BCUT2D eigenvalue weighted by Crippen LogP contribution is 2.24. The summed E-state index contributed by atoms with van der Waals surface area (Å²) >= 11 is 1.71. The number of carbonyl (C=O) groups is 1. The summed E-state index contributed by atoms with van der Waals surface area (Å²) in [5.41, 5.74) is 2.01. The summed E-state index contributed by atoms with van der Waals surface area (Å²) in [6, 6.07) is 16.4. The van der Waals surface area contributed by atoms with Crippen LogP contribution < -0.4 is 5.32 Å². The van der Waals surface area contributed by atoms with E-state index >= 15 is 0 Å². The van der Waals surface area contributed by atoms with Crippen LogP contribution in [0.25, 0.3) is 10.8 Å². The molecule has 2 heterocycles. The molecule has 0 radical (unpaired) electrons. The van der Waals surface area contributed by atoms with Crippen LogP contribution in [0.15, 0.2) is 59.3 Å². The van der Waals surface area contributed by atoms with Gasteiger partial charge in [-0.3, -0.25) is 9.69 Å². The minimum Gasteiger partial charge on any atom is -0.350 e. The average Bonchev–Trinajstić information content (AvgIpc) is 3.23. The lowest BCUT2D eigenvalue weighted by Crippen LogP contribution is -2.48. The summed E-state index contributed by atoms with van der Waals surface area (Å²) in [4.78, 5) is 17.6. The van der Waals surface area contributed by atoms with Gasteiger partial charge in [0.2, 0.25) is 0 Å². The van der Waals surface area contributed by atoms with E-state index in [1.807, 2.05) is 36.4 Å². The van der Waals surface area contributed by atoms with Gasteiger partial charge in [-0.25, -0.2) is 0 Å². The Kier molecular flexibility index (Phi) is 5.53. The van der Waals surface area contributed by atoms with Gasteiger partial charge < -0.3 is 10.2 Å². The molecule has 1 amide bonds. The third-order valence-electron chi connectivity index (χ3n) is 5.37. The minimum atomic E-state index is -0.00453. The molecule has 0 spiro atoms. The van der Waals surface area contributed by atoms with E-state index in [0.717, 1.165) is 42.5 Å². The van der Waals surface area contributed by atoms with E-state index in [-0.39, 0.29) is 11.9 Å². The summed E-state index contributed by atoms with van der Waals surface area (Å²) in [6.07, 6.45) is 0. The number of amides is 1. The molecule has 1 atom stereocenters. The molecule has 4 rings (SSSR count). The molecule has 4 nitrogen and oxygen atoms in total. The topological polar surface area (TPSA) is 35.6 Å². The van der Waals surface area contributed by atoms with Crippen LogP contribution in [0.2, 0.25) is 0 Å². The highest BCUT2D eigenvalue weighted by molar-refractivity contribution is 7.07. The van der Waals surface area contributed by atoms with Crippen LogP contribution in [0, 0.1) is 0 Å². The molecule has 1 aliphatic rings. The Labute approximate surface area is 164 Å². The maximum Gasteiger partial charge on any atom is 0.251 e. The maximum absolute atomic E-state index is 12.8. The lowest BCUT2D eigenvalue weighted by atomic mass is 10.1. The monoisotopic (exact) mass is 379 g/mol. The van der Waals surface area contributed by atoms with Crippen molar-refractivity contribution in [2.24, 2.45) is 0 Å². The summed E-state index contributed by atoms with van der Waals surface area (Å²) in [5.74, 6) is -0.00453. The Morgan fingerprint density at radius 2 is 1.85 bits per heavy atom. The molecule has 3 aromatic rings. The maximum atomic E-state index is 12.8. The summed E-state index contributed by atoms with van der Waals surface area (Å²) in [5, 5.41) is 9.74. The van der Waals surface area contributed by atoms with Crippen molar-refractivity contribution in [3.05, 3.63) is 70.4 Å². The van der Waals surface area contributed by atoms with E-state index in [4.69, 9.17) is 0 Å². The third-order valence-corrected chi connectivity index (χ3v) is 6.08. The fraction of sp³-hybridized carbons (Fsp3) is 0.318. The molecule has 1 aromatic heterocycles. The molecule has 140 valence electrons. The van der Waals surface area contributed by atoms with E-state index < -0.39 is 0 Å². The van der Waals surface area contributed by atoms with Gasteiger partial charge in [0.05, 0.1) is 6.04 Å². The molecule has 0 aliphatic carbocycles. The molecule has 0 saturated carbocycles. The number of nitrogens with one attached hydrogen (secondary N) is 1. The number of hydrogen-bond donors (Lipinski definition) is 1. The highest BCUT2D eigenvalue weighted by atomic mass is 32.1. The standard InChI is InChI=1S/C22H25N3OS/c1-24-9-11-25(12-10-24)21(20-8-13-27-16-20)15-23-22(26)19-7-6-17-4-2-3-5-18(17)14-19/h2-8,13-14,16,21H,9-12,15H2,1H3,(H,23,26)/t21-/m1/s1. The zero-order valence-electron chi connectivity index (χ0n) is 15.6. The summed E-state index contributed by atoms with van der Waals surface area (Å²) in [6.45, 7) is 4.83. The van der Waals surface area contributed by atoms with Gasteiger partial charge >= 0.3 is 0 Å². The molecule has 1 N–H and O–H groups in total. The van der Waals surface area contributed by atoms with Crippen LogP contribution >= 0.6 is 11.3 Å². The second-order valence-electron chi connectivity index (χ2n) is 7.18. The van der Waals surface area contributed by atoms with Gasteiger partial charge in [-0.2, -0.15) is 11.3 Å². The molecule has 0 unspecified atom stereocenters. The van der Waals surface area contributed by atoms with Crippen molar-refractivity contribution in [2.75, 3.05) is 39.8 Å². The van der Waals surface area contributed by atoms with Gasteiger partial charge in [-0.05, 0) is 52.3 Å². The molecule has 1 saturated heterocycles. The first-order valence-corrected chi connectivity index (χ1v) is 10.4. The van der Waals surface area contributed by atoms with Gasteiger partial charge in [0.1, 0.15) is 0 Å². The van der Waals surface area contributed by atoms with Crippen LogP contribution in [0.1, 0.15) is 22.0 Å². The molecule has 1 aliphatic heterocycles. The van der Waals surface area contributed by atoms with Gasteiger partial charge in [0, 0.05) is 38.3 Å². The van der Waals surface area contributed by atoms with Crippen molar-refractivity contribution in [3.63, 3.8) is 0 Å². The molecule has 27 heavy (non-hydrogen) atoms. The van der Waals surface area contributed by atoms with Gasteiger partial charge in [-0.1, -0.05) is 30.3 Å². The Bertz CT molecular complexity index is 901. The van der Waals surface area contributed by atoms with Crippen LogP contribution in [-0.4, -0.2) is 55.5 Å². The van der Waals surface area contributed by atoms with E-state index in [1.165, 1.54) is 5.56 Å². The fourth-order valence-corrected chi connectivity index (χ4v) is 4.39. The number of thiophene rings is 1. The lowest BCUT2D eigenvalue weighted by Gasteiger charge is -2.38. The molecule has 2 aromatic carbocycles. The molecule has 0 bridgehead atoms. The largest absolute Gasteiger partial charge is 0.350 e. The number of nitrogens with zero attached hydrogens (tertiary/aromatic N) is 2. The van der Waals surface area contributed by atoms with E-state index in [0.29, 0.717) is 6.54 Å². The molecular weight excluding hydrogens is 354 g/mol. The van der Waals surface area contributed by atoms with Crippen LogP contribution in [0.5, 0.6) is 0 Å². The Hall–Kier alpha value is -2.21. The van der Waals surface area contributed by atoms with Crippen LogP contribution in [0.3, 0.4) is 0 Å². The van der Waals surface area contributed by atoms with E-state index in [9.17, 15) is 4.79 Å². The average molecular weight is 380 g/mol. The fourth-order valence-electron chi connectivity index (χ4n) is 3.68. The second-order valence-corrected chi connectivity index (χ2v) is 7.96. The molecular formula is C22H25N3OS. The number of likely N-dealkylation sites (N-methyl/N-ethyl adjacent to an activating group) is 1. The first kappa shape index (κ1) is 18.2. The van der Waals surface area contributed by atoms with E-state index in [1.54, 1.807) is 11.3 Å². The number of piperazine rings is 1. The van der Waals surface area contributed by atoms with Crippen molar-refractivity contribution in [2.45, 2.75) is 6.04 Å². The number of fused-ring (bicyclic) bond motifs is 1. The first-order valence-electron chi connectivity index (χ1n) is 9.42. The van der Waals surface area contributed by atoms with Crippen molar-refractivity contribution < 1.29 is 4.79 Å². The zero-order chi connectivity index (χ0) is 18.6. The number of carbonyl (C=O) groups excluding carboxylic acids is 1. The predicted molar refractivity (Wildman–Crippen MR) is 112 cm³/mol. The zero-order valence-corrected chi connectivity index (χ0v) is 16.4. The second kappa shape index (κ2) is 8.21. The minimum absolute atomic E-state index is 0.00453. The number of rotatable bonds is 5. The normalized spacial score (nSPS) is 17.1. The van der Waals surface area contributed by atoms with Gasteiger partial charge in [0.15, 0.2) is 0 Å². The van der Waals surface area contributed by atoms with E-state index in [2.05, 4.69) is 45.1 Å². The molecule has 1 fully saturated rings. The summed E-state index contributed by atoms with van der Waals surface area (Å²) in [7, 11) is 2.17. The smallest absolute Gasteiger partial charge is 0.251 e. The quantitative estimate of drug-likeness (QED) is 0.735. The Morgan fingerprint density at radius 3 is 2.59 bits per heavy atom. The first-order chi connectivity index (χ1) is 13.2. The van der Waals surface area contributed by atoms with Crippen LogP contribution in [0.4, 0.5) is 0 Å². The highest BCUT2D eigenvalue weighted by Gasteiger charge is 2.24. The lowest BCUT2D eigenvalue weighted by molar-refractivity contribution is 0.0887. The summed E-state index contributed by atoms with van der Waals surface area (Å²) < 4.78 is 0. The number of hydrogen-bond acceptors (Lipinski definition) is 4.